The minimum Gasteiger partial charge on any atom is -0.454 e. The number of hydrogen-bond acceptors (Lipinski definition) is 6. The maximum atomic E-state index is 12.9. The van der Waals surface area contributed by atoms with E-state index in [4.69, 9.17) is 14.6 Å². The SMILES string of the molecule is Cc1ccccc1NC(=O)c1sc(-n2nc(C)c(Cc3ccc4c(c3)OCO4)c2C)nc1C. The smallest absolute Gasteiger partial charge is 0.267 e. The Bertz CT molecular complexity index is 1370. The molecule has 1 amide bonds. The fourth-order valence-corrected chi connectivity index (χ4v) is 4.91. The van der Waals surface area contributed by atoms with Gasteiger partial charge in [-0.2, -0.15) is 5.10 Å². The Labute approximate surface area is 196 Å². The average Bonchev–Trinajstić information content (AvgIpc) is 3.49. The molecule has 0 bridgehead atoms. The summed E-state index contributed by atoms with van der Waals surface area (Å²) in [6.07, 6.45) is 0.722. The minimum atomic E-state index is -0.160. The Balaban J connectivity index is 1.41. The van der Waals surface area contributed by atoms with Crippen molar-refractivity contribution in [1.29, 1.82) is 0 Å². The van der Waals surface area contributed by atoms with E-state index >= 15 is 0 Å². The Kier molecular flexibility index (Phi) is 5.38. The van der Waals surface area contributed by atoms with Gasteiger partial charge in [0.2, 0.25) is 11.9 Å². The van der Waals surface area contributed by atoms with Gasteiger partial charge in [0, 0.05) is 23.4 Å². The number of thiazole rings is 1. The monoisotopic (exact) mass is 460 g/mol. The summed E-state index contributed by atoms with van der Waals surface area (Å²) in [5.74, 6) is 1.39. The van der Waals surface area contributed by atoms with Crippen LogP contribution in [0.2, 0.25) is 0 Å². The van der Waals surface area contributed by atoms with Crippen molar-refractivity contribution in [3.05, 3.63) is 81.1 Å². The normalized spacial score (nSPS) is 12.2. The first-order valence-electron chi connectivity index (χ1n) is 10.7. The second-order valence-corrected chi connectivity index (χ2v) is 9.08. The molecular formula is C25H24N4O3S. The van der Waals surface area contributed by atoms with Crippen molar-refractivity contribution in [2.75, 3.05) is 12.1 Å². The van der Waals surface area contributed by atoms with Crippen molar-refractivity contribution in [2.24, 2.45) is 0 Å². The van der Waals surface area contributed by atoms with Crippen LogP contribution in [0.25, 0.3) is 5.13 Å². The largest absolute Gasteiger partial charge is 0.454 e. The van der Waals surface area contributed by atoms with Crippen molar-refractivity contribution in [1.82, 2.24) is 14.8 Å². The van der Waals surface area contributed by atoms with E-state index in [0.717, 1.165) is 51.7 Å². The number of carbonyl (C=O) groups excluding carboxylic acids is 1. The highest BCUT2D eigenvalue weighted by atomic mass is 32.1. The second-order valence-electron chi connectivity index (χ2n) is 8.11. The van der Waals surface area contributed by atoms with Crippen molar-refractivity contribution < 1.29 is 14.3 Å². The van der Waals surface area contributed by atoms with Crippen LogP contribution >= 0.6 is 11.3 Å². The van der Waals surface area contributed by atoms with Crippen LogP contribution in [-0.4, -0.2) is 27.5 Å². The molecule has 0 saturated heterocycles. The number of hydrogen-bond donors (Lipinski definition) is 1. The quantitative estimate of drug-likeness (QED) is 0.446. The summed E-state index contributed by atoms with van der Waals surface area (Å²) >= 11 is 1.35. The van der Waals surface area contributed by atoms with E-state index in [0.29, 0.717) is 15.7 Å². The Morgan fingerprint density at radius 3 is 2.67 bits per heavy atom. The summed E-state index contributed by atoms with van der Waals surface area (Å²) in [4.78, 5) is 18.2. The van der Waals surface area contributed by atoms with Crippen molar-refractivity contribution in [2.45, 2.75) is 34.1 Å². The van der Waals surface area contributed by atoms with Gasteiger partial charge < -0.3 is 14.8 Å². The lowest BCUT2D eigenvalue weighted by molar-refractivity contribution is 0.102. The van der Waals surface area contributed by atoms with Crippen LogP contribution in [0.4, 0.5) is 5.69 Å². The van der Waals surface area contributed by atoms with E-state index in [9.17, 15) is 4.79 Å². The molecule has 0 aliphatic carbocycles. The van der Waals surface area contributed by atoms with Crippen LogP contribution in [0.3, 0.4) is 0 Å². The summed E-state index contributed by atoms with van der Waals surface area (Å²) < 4.78 is 12.8. The van der Waals surface area contributed by atoms with Gasteiger partial charge in [-0.3, -0.25) is 4.79 Å². The molecule has 3 heterocycles. The van der Waals surface area contributed by atoms with Gasteiger partial charge in [0.25, 0.3) is 5.91 Å². The predicted octanol–water partition coefficient (Wildman–Crippen LogP) is 5.13. The predicted molar refractivity (Wildman–Crippen MR) is 128 cm³/mol. The highest BCUT2D eigenvalue weighted by molar-refractivity contribution is 7.16. The third kappa shape index (κ3) is 3.98. The van der Waals surface area contributed by atoms with Gasteiger partial charge in [-0.1, -0.05) is 35.6 Å². The van der Waals surface area contributed by atoms with Crippen LogP contribution in [0, 0.1) is 27.7 Å². The van der Waals surface area contributed by atoms with Crippen molar-refractivity contribution >= 4 is 22.9 Å². The lowest BCUT2D eigenvalue weighted by atomic mass is 10.0. The number of amides is 1. The number of ether oxygens (including phenoxy) is 2. The van der Waals surface area contributed by atoms with Gasteiger partial charge in [-0.25, -0.2) is 9.67 Å². The summed E-state index contributed by atoms with van der Waals surface area (Å²) in [6.45, 7) is 8.12. The number of carbonyl (C=O) groups is 1. The second kappa shape index (κ2) is 8.37. The molecule has 2 aromatic heterocycles. The molecule has 0 fully saturated rings. The third-order valence-electron chi connectivity index (χ3n) is 5.83. The van der Waals surface area contributed by atoms with Crippen molar-refractivity contribution in [3.63, 3.8) is 0 Å². The first kappa shape index (κ1) is 21.2. The molecule has 5 rings (SSSR count). The molecule has 7 nitrogen and oxygen atoms in total. The zero-order valence-corrected chi connectivity index (χ0v) is 19.7. The van der Waals surface area contributed by atoms with E-state index in [1.165, 1.54) is 11.3 Å². The fraction of sp³-hybridized carbons (Fsp3) is 0.240. The van der Waals surface area contributed by atoms with Gasteiger partial charge in [0.15, 0.2) is 11.5 Å². The summed E-state index contributed by atoms with van der Waals surface area (Å²) in [7, 11) is 0. The summed E-state index contributed by atoms with van der Waals surface area (Å²) in [6, 6.07) is 13.7. The summed E-state index contributed by atoms with van der Waals surface area (Å²) in [5, 5.41) is 8.41. The highest BCUT2D eigenvalue weighted by Crippen LogP contribution is 2.34. The standard InChI is InChI=1S/C25H24N4O3S/c1-14-7-5-6-8-20(14)27-24(30)23-16(3)26-25(33-23)29-17(4)19(15(2)28-29)11-18-9-10-21-22(12-18)32-13-31-21/h5-10,12H,11,13H2,1-4H3,(H,27,30). The molecule has 33 heavy (non-hydrogen) atoms. The number of para-hydroxylation sites is 1. The van der Waals surface area contributed by atoms with Gasteiger partial charge in [-0.05, 0) is 57.0 Å². The molecule has 1 aliphatic rings. The van der Waals surface area contributed by atoms with Gasteiger partial charge in [0.1, 0.15) is 4.88 Å². The summed E-state index contributed by atoms with van der Waals surface area (Å²) in [5.41, 5.74) is 6.69. The fourth-order valence-electron chi connectivity index (χ4n) is 3.95. The number of benzene rings is 2. The molecule has 168 valence electrons. The molecular weight excluding hydrogens is 436 g/mol. The first-order chi connectivity index (χ1) is 15.9. The molecule has 0 atom stereocenters. The molecule has 1 N–H and O–H groups in total. The minimum absolute atomic E-state index is 0.160. The molecule has 8 heteroatoms. The number of rotatable bonds is 5. The molecule has 0 radical (unpaired) electrons. The van der Waals surface area contributed by atoms with Crippen LogP contribution < -0.4 is 14.8 Å². The van der Waals surface area contributed by atoms with E-state index in [1.807, 2.05) is 74.8 Å². The van der Waals surface area contributed by atoms with E-state index in [-0.39, 0.29) is 12.7 Å². The van der Waals surface area contributed by atoms with E-state index in [2.05, 4.69) is 10.3 Å². The Morgan fingerprint density at radius 1 is 1.06 bits per heavy atom. The zero-order chi connectivity index (χ0) is 23.1. The zero-order valence-electron chi connectivity index (χ0n) is 18.9. The Morgan fingerprint density at radius 2 is 1.85 bits per heavy atom. The van der Waals surface area contributed by atoms with Crippen molar-refractivity contribution in [3.8, 4) is 16.6 Å². The molecule has 2 aromatic carbocycles. The van der Waals surface area contributed by atoms with Crippen LogP contribution in [-0.2, 0) is 6.42 Å². The first-order valence-corrected chi connectivity index (χ1v) is 11.5. The van der Waals surface area contributed by atoms with Crippen LogP contribution in [0.1, 0.15) is 43.4 Å². The topological polar surface area (TPSA) is 78.3 Å². The van der Waals surface area contributed by atoms with Gasteiger partial charge >= 0.3 is 0 Å². The maximum absolute atomic E-state index is 12.9. The number of anilines is 1. The van der Waals surface area contributed by atoms with E-state index in [1.54, 1.807) is 0 Å². The molecule has 0 spiro atoms. The number of nitrogens with one attached hydrogen (secondary N) is 1. The molecule has 0 unspecified atom stereocenters. The lowest BCUT2D eigenvalue weighted by Crippen LogP contribution is -2.12. The number of nitrogens with zero attached hydrogens (tertiary/aromatic N) is 3. The number of aromatic nitrogens is 3. The van der Waals surface area contributed by atoms with Crippen LogP contribution in [0.15, 0.2) is 42.5 Å². The van der Waals surface area contributed by atoms with Gasteiger partial charge in [0.05, 0.1) is 11.4 Å². The maximum Gasteiger partial charge on any atom is 0.267 e. The molecule has 1 aliphatic heterocycles. The molecule has 0 saturated carbocycles. The lowest BCUT2D eigenvalue weighted by Gasteiger charge is -2.06. The average molecular weight is 461 g/mol. The van der Waals surface area contributed by atoms with Gasteiger partial charge in [-0.15, -0.1) is 0 Å². The Hall–Kier alpha value is -3.65. The molecule has 4 aromatic rings. The highest BCUT2D eigenvalue weighted by Gasteiger charge is 2.21. The van der Waals surface area contributed by atoms with Crippen LogP contribution in [0.5, 0.6) is 11.5 Å². The van der Waals surface area contributed by atoms with E-state index < -0.39 is 0 Å². The number of fused-ring (bicyclic) bond motifs is 1. The number of aryl methyl sites for hydroxylation is 3. The third-order valence-corrected chi connectivity index (χ3v) is 6.96.